The van der Waals surface area contributed by atoms with Crippen molar-refractivity contribution in [2.24, 2.45) is 0 Å². The molecule has 0 radical (unpaired) electrons. The minimum Gasteiger partial charge on any atom is -0.0761 e. The van der Waals surface area contributed by atoms with Gasteiger partial charge in [0.1, 0.15) is 0 Å². The normalized spacial score (nSPS) is 11.6. The zero-order valence-corrected chi connectivity index (χ0v) is 31.3. The van der Waals surface area contributed by atoms with Crippen LogP contribution in [0.4, 0.5) is 0 Å². The lowest BCUT2D eigenvalue weighted by atomic mass is 9.93. The molecule has 0 atom stereocenters. The number of aryl methyl sites for hydroxylation is 7. The number of fused-ring (bicyclic) bond motifs is 3. The van der Waals surface area contributed by atoms with Crippen molar-refractivity contribution in [2.75, 3.05) is 0 Å². The minimum atomic E-state index is 1.21. The maximum atomic E-state index is 2.36. The highest BCUT2D eigenvalue weighted by molar-refractivity contribution is 6.05. The van der Waals surface area contributed by atoms with E-state index in [2.05, 4.69) is 201 Å². The van der Waals surface area contributed by atoms with Crippen LogP contribution in [-0.4, -0.2) is 0 Å². The Morgan fingerprint density at radius 2 is 0.720 bits per heavy atom. The lowest BCUT2D eigenvalue weighted by Crippen LogP contribution is -2.30. The summed E-state index contributed by atoms with van der Waals surface area (Å²) in [6.45, 7) is 17.3. The van der Waals surface area contributed by atoms with Gasteiger partial charge < -0.3 is 0 Å². The number of hydrogen-bond acceptors (Lipinski definition) is 0. The van der Waals surface area contributed by atoms with Crippen molar-refractivity contribution in [3.63, 3.8) is 0 Å². The fraction of sp³-hybridized carbons (Fsp3) is 0.200. The van der Waals surface area contributed by atoms with Crippen LogP contribution in [0.1, 0.15) is 58.7 Å². The van der Waals surface area contributed by atoms with Gasteiger partial charge in [-0.05, 0) is 128 Å². The van der Waals surface area contributed by atoms with E-state index in [1.807, 2.05) is 0 Å². The molecule has 0 unspecified atom stereocenters. The van der Waals surface area contributed by atoms with E-state index in [1.165, 1.54) is 100 Å². The summed E-state index contributed by atoms with van der Waals surface area (Å²) >= 11 is 0. The minimum absolute atomic E-state index is 1.21. The van der Waals surface area contributed by atoms with Crippen molar-refractivity contribution in [3.05, 3.63) is 189 Å². The van der Waals surface area contributed by atoms with Crippen LogP contribution in [0.5, 0.6) is 0 Å². The fourth-order valence-electron chi connectivity index (χ4n) is 6.58. The van der Waals surface area contributed by atoms with Crippen molar-refractivity contribution >= 4 is 33.2 Å². The van der Waals surface area contributed by atoms with Gasteiger partial charge in [-0.2, -0.15) is 0 Å². The van der Waals surface area contributed by atoms with Gasteiger partial charge in [-0.1, -0.05) is 173 Å². The van der Waals surface area contributed by atoms with Gasteiger partial charge in [0.2, 0.25) is 0 Å². The Bertz CT molecular complexity index is 2120. The molecule has 0 spiro atoms. The average molecular weight is 653 g/mol. The molecule has 1 aliphatic rings. The molecule has 0 heterocycles. The number of benzene rings is 7. The summed E-state index contributed by atoms with van der Waals surface area (Å²) in [6.07, 6.45) is 4.80. The molecule has 1 aliphatic carbocycles. The molecule has 7 aromatic carbocycles. The third kappa shape index (κ3) is 9.07. The quantitative estimate of drug-likeness (QED) is 0.155. The number of rotatable bonds is 1. The lowest BCUT2D eigenvalue weighted by molar-refractivity contribution is 1.06. The monoisotopic (exact) mass is 652 g/mol. The molecule has 0 nitrogen and oxygen atoms in total. The van der Waals surface area contributed by atoms with Gasteiger partial charge in [0.25, 0.3) is 0 Å². The maximum Gasteiger partial charge on any atom is -0.0146 e. The summed E-state index contributed by atoms with van der Waals surface area (Å²) in [5.41, 5.74) is 13.6. The topological polar surface area (TPSA) is 0 Å². The third-order valence-electron chi connectivity index (χ3n) is 9.78. The fourth-order valence-corrected chi connectivity index (χ4v) is 6.58. The first-order chi connectivity index (χ1) is 24.1. The van der Waals surface area contributed by atoms with Crippen LogP contribution in [0.2, 0.25) is 0 Å². The molecule has 8 rings (SSSR count). The van der Waals surface area contributed by atoms with Crippen LogP contribution >= 0.6 is 0 Å². The summed E-state index contributed by atoms with van der Waals surface area (Å²) in [7, 11) is 0. The van der Waals surface area contributed by atoms with Crippen LogP contribution in [0.3, 0.4) is 0 Å². The Labute approximate surface area is 300 Å². The van der Waals surface area contributed by atoms with Crippen LogP contribution in [0.25, 0.3) is 44.3 Å². The van der Waals surface area contributed by atoms with Crippen molar-refractivity contribution in [3.8, 4) is 11.1 Å². The molecule has 7 aromatic rings. The Hall–Kier alpha value is -5.20. The van der Waals surface area contributed by atoms with Crippen LogP contribution in [0.15, 0.2) is 140 Å². The SMILES string of the molecule is CC1=c2cccc(C)c2=CCC1.Cc1c2ccccc2c(C)c2ccccc12.Cc1ccc(-c2ccc(C)cc2)cc1.Cc1ccc(C)cc1. The zero-order valence-electron chi connectivity index (χ0n) is 31.3. The van der Waals surface area contributed by atoms with E-state index in [9.17, 15) is 0 Å². The molecular formula is C50H52. The molecule has 0 amide bonds. The standard InChI is InChI=1S/C16H14.C14H14.C12H14.C8H10/c1-11-13-7-3-5-9-15(13)12(2)16-10-6-4-8-14(11)16;1-11-3-7-13(8-4-11)14-9-5-12(2)6-10-14;1-9-5-3-8-12-10(2)6-4-7-11(9)12;1-7-3-5-8(2)6-4-7/h3-10H,1-2H3;3-10H,1-2H3;3,5,7-8H,4,6H2,1-2H3;3-6H,1-2H3. The molecule has 0 fully saturated rings. The Morgan fingerprint density at radius 1 is 0.360 bits per heavy atom. The smallest absolute Gasteiger partial charge is 0.0146 e. The van der Waals surface area contributed by atoms with E-state index < -0.39 is 0 Å². The summed E-state index contributed by atoms with van der Waals surface area (Å²) in [4.78, 5) is 0. The Kier molecular flexibility index (Phi) is 12.2. The molecule has 0 heteroatoms. The Balaban J connectivity index is 0.000000133. The maximum absolute atomic E-state index is 2.36. The van der Waals surface area contributed by atoms with Crippen molar-refractivity contribution in [1.82, 2.24) is 0 Å². The first-order valence-electron chi connectivity index (χ1n) is 17.9. The van der Waals surface area contributed by atoms with E-state index in [-0.39, 0.29) is 0 Å². The van der Waals surface area contributed by atoms with Gasteiger partial charge in [0, 0.05) is 0 Å². The summed E-state index contributed by atoms with van der Waals surface area (Å²) < 4.78 is 0. The largest absolute Gasteiger partial charge is 0.0761 e. The van der Waals surface area contributed by atoms with Crippen LogP contribution in [-0.2, 0) is 0 Å². The van der Waals surface area contributed by atoms with Gasteiger partial charge in [0.05, 0.1) is 0 Å². The second-order valence-corrected chi connectivity index (χ2v) is 13.8. The summed E-state index contributed by atoms with van der Waals surface area (Å²) in [6, 6.07) is 49.6. The lowest BCUT2D eigenvalue weighted by Gasteiger charge is -2.11. The second-order valence-electron chi connectivity index (χ2n) is 13.8. The van der Waals surface area contributed by atoms with Crippen molar-refractivity contribution < 1.29 is 0 Å². The second kappa shape index (κ2) is 17.0. The Morgan fingerprint density at radius 3 is 1.08 bits per heavy atom. The highest BCUT2D eigenvalue weighted by Crippen LogP contribution is 2.31. The van der Waals surface area contributed by atoms with Crippen molar-refractivity contribution in [1.29, 1.82) is 0 Å². The highest BCUT2D eigenvalue weighted by atomic mass is 14.1. The van der Waals surface area contributed by atoms with Gasteiger partial charge in [0.15, 0.2) is 0 Å². The van der Waals surface area contributed by atoms with E-state index in [0.717, 1.165) is 0 Å². The average Bonchev–Trinajstić information content (AvgIpc) is 3.14. The van der Waals surface area contributed by atoms with E-state index in [1.54, 1.807) is 0 Å². The van der Waals surface area contributed by atoms with E-state index in [4.69, 9.17) is 0 Å². The molecule has 0 aliphatic heterocycles. The molecular weight excluding hydrogens is 601 g/mol. The number of hydrogen-bond donors (Lipinski definition) is 0. The molecule has 0 saturated heterocycles. The van der Waals surface area contributed by atoms with Crippen molar-refractivity contribution in [2.45, 2.75) is 68.2 Å². The third-order valence-corrected chi connectivity index (χ3v) is 9.78. The first kappa shape index (κ1) is 36.1. The molecule has 0 bridgehead atoms. The van der Waals surface area contributed by atoms with Gasteiger partial charge in [-0.3, -0.25) is 0 Å². The zero-order chi connectivity index (χ0) is 35.6. The first-order valence-corrected chi connectivity index (χ1v) is 17.9. The molecule has 0 saturated carbocycles. The highest BCUT2D eigenvalue weighted by Gasteiger charge is 2.07. The summed E-state index contributed by atoms with van der Waals surface area (Å²) in [5.74, 6) is 0. The predicted molar refractivity (Wildman–Crippen MR) is 221 cm³/mol. The van der Waals surface area contributed by atoms with Gasteiger partial charge in [-0.25, -0.2) is 0 Å². The van der Waals surface area contributed by atoms with Crippen LogP contribution in [0, 0.1) is 48.5 Å². The molecule has 0 aromatic heterocycles. The molecule has 252 valence electrons. The van der Waals surface area contributed by atoms with Gasteiger partial charge >= 0.3 is 0 Å². The molecule has 50 heavy (non-hydrogen) atoms. The van der Waals surface area contributed by atoms with E-state index in [0.29, 0.717) is 0 Å². The van der Waals surface area contributed by atoms with E-state index >= 15 is 0 Å². The predicted octanol–water partition coefficient (Wildman–Crippen LogP) is 12.6. The van der Waals surface area contributed by atoms with Gasteiger partial charge in [-0.15, -0.1) is 0 Å². The summed E-state index contributed by atoms with van der Waals surface area (Å²) in [5, 5.41) is 8.41. The molecule has 0 N–H and O–H groups in total. The van der Waals surface area contributed by atoms with Crippen LogP contribution < -0.4 is 10.4 Å².